The summed E-state index contributed by atoms with van der Waals surface area (Å²) in [6.45, 7) is 13.2. The first-order valence-corrected chi connectivity index (χ1v) is 9.48. The molecule has 26 heavy (non-hydrogen) atoms. The molecule has 6 nitrogen and oxygen atoms in total. The van der Waals surface area contributed by atoms with E-state index >= 15 is 0 Å². The maximum absolute atomic E-state index is 6.15. The second-order valence-electron chi connectivity index (χ2n) is 8.78. The molecule has 3 saturated heterocycles. The van der Waals surface area contributed by atoms with Gasteiger partial charge in [0, 0.05) is 18.6 Å². The van der Waals surface area contributed by atoms with E-state index in [1.807, 2.05) is 39.8 Å². The zero-order chi connectivity index (χ0) is 18.7. The van der Waals surface area contributed by atoms with Gasteiger partial charge in [-0.25, -0.2) is 0 Å². The number of methoxy groups -OCH3 is 1. The lowest BCUT2D eigenvalue weighted by Crippen LogP contribution is -2.70. The Bertz CT molecular complexity index is 685. The lowest BCUT2D eigenvalue weighted by molar-refractivity contribution is -0.199. The average Bonchev–Trinajstić information content (AvgIpc) is 2.73. The molecule has 3 fully saturated rings. The summed E-state index contributed by atoms with van der Waals surface area (Å²) in [6, 6.07) is 4.05. The van der Waals surface area contributed by atoms with Crippen LogP contribution in [0.4, 0.5) is 5.82 Å². The zero-order valence-electron chi connectivity index (χ0n) is 16.7. The molecular formula is C19H29BN2O4. The Balaban J connectivity index is 1.52. The summed E-state index contributed by atoms with van der Waals surface area (Å²) in [5.41, 5.74) is 0.395. The fourth-order valence-corrected chi connectivity index (χ4v) is 4.09. The van der Waals surface area contributed by atoms with E-state index < -0.39 is 7.12 Å². The maximum atomic E-state index is 6.15. The lowest BCUT2D eigenvalue weighted by Gasteiger charge is -2.60. The molecule has 0 saturated carbocycles. The minimum atomic E-state index is -0.469. The first-order chi connectivity index (χ1) is 12.2. The van der Waals surface area contributed by atoms with E-state index in [0.29, 0.717) is 17.4 Å². The molecule has 0 amide bonds. The Morgan fingerprint density at radius 3 is 2.35 bits per heavy atom. The number of pyridine rings is 1. The molecule has 0 radical (unpaired) electrons. The molecule has 0 N–H and O–H groups in total. The van der Waals surface area contributed by atoms with Gasteiger partial charge in [0.1, 0.15) is 5.82 Å². The Hall–Kier alpha value is -1.31. The molecule has 1 aromatic rings. The fourth-order valence-electron chi connectivity index (χ4n) is 4.09. The predicted molar refractivity (Wildman–Crippen MR) is 101 cm³/mol. The number of anilines is 1. The second-order valence-corrected chi connectivity index (χ2v) is 8.78. The Kier molecular flexibility index (Phi) is 4.06. The van der Waals surface area contributed by atoms with Crippen LogP contribution in [0.3, 0.4) is 0 Å². The Morgan fingerprint density at radius 2 is 1.85 bits per heavy atom. The van der Waals surface area contributed by atoms with Gasteiger partial charge in [-0.2, -0.15) is 4.98 Å². The van der Waals surface area contributed by atoms with Crippen LogP contribution in [0.25, 0.3) is 0 Å². The third kappa shape index (κ3) is 2.55. The normalized spacial score (nSPS) is 28.0. The van der Waals surface area contributed by atoms with Gasteiger partial charge in [0.05, 0.1) is 36.4 Å². The highest BCUT2D eigenvalue weighted by Crippen LogP contribution is 2.46. The summed E-state index contributed by atoms with van der Waals surface area (Å²) in [7, 11) is 1.18. The van der Waals surface area contributed by atoms with E-state index in [1.54, 1.807) is 7.11 Å². The van der Waals surface area contributed by atoms with Crippen LogP contribution in [0.1, 0.15) is 41.0 Å². The van der Waals surface area contributed by atoms with Crippen molar-refractivity contribution in [3.05, 3.63) is 12.1 Å². The highest BCUT2D eigenvalue weighted by Gasteiger charge is 2.56. The van der Waals surface area contributed by atoms with E-state index in [1.165, 1.54) is 0 Å². The van der Waals surface area contributed by atoms with Crippen molar-refractivity contribution >= 4 is 18.4 Å². The number of ether oxygens (including phenoxy) is 2. The average molecular weight is 360 g/mol. The van der Waals surface area contributed by atoms with E-state index in [2.05, 4.69) is 11.8 Å². The molecule has 1 aromatic heterocycles. The summed E-state index contributed by atoms with van der Waals surface area (Å²) in [4.78, 5) is 7.02. The second kappa shape index (κ2) is 5.84. The highest BCUT2D eigenvalue weighted by atomic mass is 16.7. The number of hydrogen-bond donors (Lipinski definition) is 0. The first kappa shape index (κ1) is 18.1. The smallest absolute Gasteiger partial charge is 0.481 e. The molecule has 1 spiro atoms. The molecule has 4 rings (SSSR count). The summed E-state index contributed by atoms with van der Waals surface area (Å²) in [5, 5.41) is 0. The largest absolute Gasteiger partial charge is 0.500 e. The van der Waals surface area contributed by atoms with Crippen molar-refractivity contribution in [3.8, 4) is 5.88 Å². The quantitative estimate of drug-likeness (QED) is 0.766. The van der Waals surface area contributed by atoms with E-state index in [4.69, 9.17) is 23.8 Å². The van der Waals surface area contributed by atoms with E-state index in [9.17, 15) is 0 Å². The van der Waals surface area contributed by atoms with Crippen molar-refractivity contribution in [2.24, 2.45) is 5.41 Å². The van der Waals surface area contributed by atoms with Crippen LogP contribution in [0.15, 0.2) is 12.1 Å². The van der Waals surface area contributed by atoms with Crippen molar-refractivity contribution in [3.63, 3.8) is 0 Å². The zero-order valence-corrected chi connectivity index (χ0v) is 16.7. The summed E-state index contributed by atoms with van der Waals surface area (Å²) in [5.74, 6) is 1.51. The standard InChI is InChI=1S/C19H29BN2O4/c1-7-14-19(12-24-14)10-22(11-19)15-9-8-13(16(21-15)23-6)20-25-17(2,3)18(4,5)26-20/h8-9,14H,7,10-12H2,1-6H3. The van der Waals surface area contributed by atoms with E-state index in [-0.39, 0.29) is 11.2 Å². The van der Waals surface area contributed by atoms with Gasteiger partial charge >= 0.3 is 7.12 Å². The summed E-state index contributed by atoms with van der Waals surface area (Å²) >= 11 is 0. The van der Waals surface area contributed by atoms with E-state index in [0.717, 1.165) is 37.4 Å². The molecule has 4 heterocycles. The van der Waals surface area contributed by atoms with Crippen LogP contribution in [-0.2, 0) is 14.0 Å². The molecule has 0 aliphatic carbocycles. The Labute approximate surface area is 156 Å². The van der Waals surface area contributed by atoms with Gasteiger partial charge < -0.3 is 23.7 Å². The third-order valence-corrected chi connectivity index (χ3v) is 6.54. The van der Waals surface area contributed by atoms with Crippen molar-refractivity contribution in [1.29, 1.82) is 0 Å². The van der Waals surface area contributed by atoms with Crippen LogP contribution in [0.5, 0.6) is 5.88 Å². The topological polar surface area (TPSA) is 53.1 Å². The number of nitrogens with zero attached hydrogens (tertiary/aromatic N) is 2. The Morgan fingerprint density at radius 1 is 1.19 bits per heavy atom. The van der Waals surface area contributed by atoms with Gasteiger partial charge in [-0.15, -0.1) is 0 Å². The van der Waals surface area contributed by atoms with Gasteiger partial charge in [-0.1, -0.05) is 13.0 Å². The highest BCUT2D eigenvalue weighted by molar-refractivity contribution is 6.63. The molecule has 1 unspecified atom stereocenters. The van der Waals surface area contributed by atoms with Crippen LogP contribution in [0, 0.1) is 5.41 Å². The molecule has 0 bridgehead atoms. The molecule has 142 valence electrons. The van der Waals surface area contributed by atoms with Gasteiger partial charge in [0.15, 0.2) is 0 Å². The van der Waals surface area contributed by atoms with Crippen molar-refractivity contribution in [1.82, 2.24) is 4.98 Å². The van der Waals surface area contributed by atoms with Gasteiger partial charge in [0.25, 0.3) is 0 Å². The predicted octanol–water partition coefficient (Wildman–Crippen LogP) is 2.00. The molecule has 0 aromatic carbocycles. The first-order valence-electron chi connectivity index (χ1n) is 9.48. The van der Waals surface area contributed by atoms with Gasteiger partial charge in [-0.3, -0.25) is 0 Å². The van der Waals surface area contributed by atoms with Crippen molar-refractivity contribution < 1.29 is 18.8 Å². The van der Waals surface area contributed by atoms with Crippen molar-refractivity contribution in [2.45, 2.75) is 58.3 Å². The number of aromatic nitrogens is 1. The van der Waals surface area contributed by atoms with Crippen LogP contribution in [-0.4, -0.2) is 56.2 Å². The molecule has 3 aliphatic heterocycles. The molecular weight excluding hydrogens is 331 g/mol. The lowest BCUT2D eigenvalue weighted by atomic mass is 9.70. The monoisotopic (exact) mass is 360 g/mol. The fraction of sp³-hybridized carbons (Fsp3) is 0.737. The third-order valence-electron chi connectivity index (χ3n) is 6.54. The minimum absolute atomic E-state index is 0.327. The molecule has 3 aliphatic rings. The molecule has 1 atom stereocenters. The van der Waals surface area contributed by atoms with Gasteiger partial charge in [0.2, 0.25) is 5.88 Å². The van der Waals surface area contributed by atoms with Crippen LogP contribution in [0.2, 0.25) is 0 Å². The summed E-state index contributed by atoms with van der Waals surface area (Å²) < 4.78 is 23.6. The molecule has 7 heteroatoms. The maximum Gasteiger partial charge on any atom is 0.500 e. The van der Waals surface area contributed by atoms with Crippen molar-refractivity contribution in [2.75, 3.05) is 31.7 Å². The van der Waals surface area contributed by atoms with Gasteiger partial charge in [-0.05, 0) is 40.2 Å². The number of rotatable bonds is 4. The van der Waals surface area contributed by atoms with Crippen LogP contribution < -0.4 is 15.1 Å². The minimum Gasteiger partial charge on any atom is -0.481 e. The summed E-state index contributed by atoms with van der Waals surface area (Å²) in [6.07, 6.45) is 1.47. The van der Waals surface area contributed by atoms with Crippen LogP contribution >= 0.6 is 0 Å². The SMILES string of the molecule is CCC1OCC12CN(c1ccc(B3OC(C)(C)C(C)(C)O3)c(OC)n1)C2. The number of hydrogen-bond acceptors (Lipinski definition) is 6.